The number of carbonyl (C=O) groups excluding carboxylic acids is 3. The molecule has 3 amide bonds. The summed E-state index contributed by atoms with van der Waals surface area (Å²) in [7, 11) is 0. The Morgan fingerprint density at radius 2 is 1.52 bits per heavy atom. The lowest BCUT2D eigenvalue weighted by molar-refractivity contribution is -0.143. The Labute approximate surface area is 186 Å². The summed E-state index contributed by atoms with van der Waals surface area (Å²) < 4.78 is 0. The molecule has 7 N–H and O–H groups in total. The number of carboxylic acid groups (broad SMARTS) is 1. The van der Waals surface area contributed by atoms with E-state index >= 15 is 0 Å². The van der Waals surface area contributed by atoms with Gasteiger partial charge in [-0.3, -0.25) is 14.4 Å². The van der Waals surface area contributed by atoms with Gasteiger partial charge in [0, 0.05) is 12.2 Å². The Hall–Kier alpha value is -2.63. The molecule has 0 aliphatic carbocycles. The van der Waals surface area contributed by atoms with E-state index in [-0.39, 0.29) is 12.2 Å². The van der Waals surface area contributed by atoms with Crippen molar-refractivity contribution in [1.29, 1.82) is 0 Å². The molecule has 31 heavy (non-hydrogen) atoms. The first-order valence-corrected chi connectivity index (χ1v) is 10.4. The van der Waals surface area contributed by atoms with Crippen molar-refractivity contribution in [3.63, 3.8) is 0 Å². The van der Waals surface area contributed by atoms with Crippen LogP contribution in [0.3, 0.4) is 0 Å². The molecule has 0 radical (unpaired) electrons. The average Bonchev–Trinajstić information content (AvgIpc) is 2.74. The molecule has 172 valence electrons. The molecule has 4 atom stereocenters. The Kier molecular flexibility index (Phi) is 11.0. The topological polar surface area (TPSA) is 171 Å². The summed E-state index contributed by atoms with van der Waals surface area (Å²) in [4.78, 5) is 48.8. The van der Waals surface area contributed by atoms with Gasteiger partial charge in [0.2, 0.25) is 17.7 Å². The van der Waals surface area contributed by atoms with Gasteiger partial charge in [0.1, 0.15) is 18.1 Å². The van der Waals surface area contributed by atoms with Gasteiger partial charge in [0.25, 0.3) is 0 Å². The first kappa shape index (κ1) is 26.4. The fourth-order valence-electron chi connectivity index (χ4n) is 2.65. The Bertz CT molecular complexity index is 761. The van der Waals surface area contributed by atoms with Gasteiger partial charge in [-0.25, -0.2) is 4.79 Å². The molecule has 0 aromatic heterocycles. The van der Waals surface area contributed by atoms with Crippen molar-refractivity contribution in [2.24, 2.45) is 11.7 Å². The maximum atomic E-state index is 12.8. The predicted octanol–water partition coefficient (Wildman–Crippen LogP) is -1.33. The molecule has 11 heteroatoms. The number of hydrogen-bond acceptors (Lipinski definition) is 7. The number of nitrogens with one attached hydrogen (secondary N) is 3. The van der Waals surface area contributed by atoms with Crippen molar-refractivity contribution in [1.82, 2.24) is 16.0 Å². The van der Waals surface area contributed by atoms with Crippen LogP contribution < -0.4 is 21.7 Å². The van der Waals surface area contributed by atoms with E-state index in [1.165, 1.54) is 0 Å². The zero-order valence-electron chi connectivity index (χ0n) is 17.4. The van der Waals surface area contributed by atoms with Gasteiger partial charge in [-0.05, 0) is 11.5 Å². The number of amides is 3. The van der Waals surface area contributed by atoms with Crippen LogP contribution in [0.15, 0.2) is 30.3 Å². The van der Waals surface area contributed by atoms with Crippen molar-refractivity contribution in [3.05, 3.63) is 35.9 Å². The second kappa shape index (κ2) is 12.9. The van der Waals surface area contributed by atoms with E-state index in [2.05, 4.69) is 28.6 Å². The summed E-state index contributed by atoms with van der Waals surface area (Å²) in [6, 6.07) is 4.27. The molecule has 0 spiro atoms. The minimum atomic E-state index is -1.40. The molecule has 1 aromatic carbocycles. The van der Waals surface area contributed by atoms with Gasteiger partial charge >= 0.3 is 5.97 Å². The summed E-state index contributed by atoms with van der Waals surface area (Å²) in [5.41, 5.74) is 6.41. The van der Waals surface area contributed by atoms with E-state index in [4.69, 9.17) is 5.73 Å². The lowest BCUT2D eigenvalue weighted by atomic mass is 10.0. The third-order valence-corrected chi connectivity index (χ3v) is 4.89. The minimum absolute atomic E-state index is 0.0684. The number of nitrogens with two attached hydrogens (primary N) is 1. The van der Waals surface area contributed by atoms with Crippen molar-refractivity contribution in [3.8, 4) is 0 Å². The SMILES string of the molecule is CC(C)C(NC(=O)C(CO)NC(=O)C(Cc1ccccc1)NC(=O)C(N)CS)C(=O)O. The van der Waals surface area contributed by atoms with E-state index in [1.807, 2.05) is 0 Å². The van der Waals surface area contributed by atoms with Crippen LogP contribution >= 0.6 is 12.6 Å². The van der Waals surface area contributed by atoms with Crippen LogP contribution in [0.25, 0.3) is 0 Å². The number of thiol groups is 1. The highest BCUT2D eigenvalue weighted by Crippen LogP contribution is 2.06. The number of carbonyl (C=O) groups is 4. The monoisotopic (exact) mass is 454 g/mol. The molecule has 4 unspecified atom stereocenters. The molecule has 0 saturated carbocycles. The molecule has 0 aliphatic heterocycles. The van der Waals surface area contributed by atoms with Crippen molar-refractivity contribution in [2.75, 3.05) is 12.4 Å². The molecular weight excluding hydrogens is 424 g/mol. The molecule has 1 aromatic rings. The number of hydrogen-bond donors (Lipinski definition) is 7. The van der Waals surface area contributed by atoms with Crippen LogP contribution in [-0.2, 0) is 25.6 Å². The van der Waals surface area contributed by atoms with Crippen LogP contribution in [0.1, 0.15) is 19.4 Å². The largest absolute Gasteiger partial charge is 0.480 e. The molecule has 10 nitrogen and oxygen atoms in total. The third-order valence-electron chi connectivity index (χ3n) is 4.50. The zero-order valence-corrected chi connectivity index (χ0v) is 18.3. The Balaban J connectivity index is 2.96. The molecular formula is C20H30N4O6S. The number of aliphatic hydroxyl groups is 1. The number of rotatable bonds is 12. The second-order valence-corrected chi connectivity index (χ2v) is 7.72. The van der Waals surface area contributed by atoms with E-state index in [1.54, 1.807) is 44.2 Å². The van der Waals surface area contributed by atoms with Gasteiger partial charge in [0.05, 0.1) is 12.6 Å². The first-order valence-electron chi connectivity index (χ1n) is 9.75. The Morgan fingerprint density at radius 1 is 0.968 bits per heavy atom. The number of carboxylic acids is 1. The van der Waals surface area contributed by atoms with Gasteiger partial charge in [-0.15, -0.1) is 0 Å². The van der Waals surface area contributed by atoms with E-state index in [0.717, 1.165) is 5.56 Å². The molecule has 0 fully saturated rings. The lowest BCUT2D eigenvalue weighted by Crippen LogP contribution is -2.59. The smallest absolute Gasteiger partial charge is 0.326 e. The number of benzene rings is 1. The Morgan fingerprint density at radius 3 is 2.00 bits per heavy atom. The maximum absolute atomic E-state index is 12.8. The summed E-state index contributed by atoms with van der Waals surface area (Å²) in [6.07, 6.45) is 0.112. The molecule has 0 saturated heterocycles. The lowest BCUT2D eigenvalue weighted by Gasteiger charge is -2.25. The van der Waals surface area contributed by atoms with Crippen molar-refractivity contribution < 1.29 is 29.4 Å². The fraction of sp³-hybridized carbons (Fsp3) is 0.500. The van der Waals surface area contributed by atoms with E-state index < -0.39 is 60.4 Å². The van der Waals surface area contributed by atoms with Crippen LogP contribution in [0.2, 0.25) is 0 Å². The summed E-state index contributed by atoms with van der Waals surface area (Å²) in [5.74, 6) is -3.76. The van der Waals surface area contributed by atoms with Crippen LogP contribution in [0.4, 0.5) is 0 Å². The van der Waals surface area contributed by atoms with Gasteiger partial charge in [-0.1, -0.05) is 44.2 Å². The highest BCUT2D eigenvalue weighted by Gasteiger charge is 2.31. The average molecular weight is 455 g/mol. The van der Waals surface area contributed by atoms with Gasteiger partial charge in [-0.2, -0.15) is 12.6 Å². The molecule has 1 rings (SSSR count). The summed E-state index contributed by atoms with van der Waals surface area (Å²) in [6.45, 7) is 2.47. The van der Waals surface area contributed by atoms with Crippen LogP contribution in [0.5, 0.6) is 0 Å². The summed E-state index contributed by atoms with van der Waals surface area (Å²) >= 11 is 3.97. The fourth-order valence-corrected chi connectivity index (χ4v) is 2.82. The van der Waals surface area contributed by atoms with E-state index in [9.17, 15) is 29.4 Å². The van der Waals surface area contributed by atoms with Crippen LogP contribution in [0, 0.1) is 5.92 Å². The minimum Gasteiger partial charge on any atom is -0.480 e. The second-order valence-electron chi connectivity index (χ2n) is 7.35. The first-order chi connectivity index (χ1) is 14.6. The summed E-state index contributed by atoms with van der Waals surface area (Å²) in [5, 5.41) is 26.0. The highest BCUT2D eigenvalue weighted by molar-refractivity contribution is 7.80. The predicted molar refractivity (Wildman–Crippen MR) is 117 cm³/mol. The highest BCUT2D eigenvalue weighted by atomic mass is 32.1. The van der Waals surface area contributed by atoms with Gasteiger partial charge < -0.3 is 31.9 Å². The third kappa shape index (κ3) is 8.56. The molecule has 0 aliphatic rings. The van der Waals surface area contributed by atoms with Crippen molar-refractivity contribution in [2.45, 2.75) is 44.4 Å². The van der Waals surface area contributed by atoms with Crippen LogP contribution in [-0.4, -0.2) is 70.4 Å². The maximum Gasteiger partial charge on any atom is 0.326 e. The molecule has 0 heterocycles. The molecule has 0 bridgehead atoms. The van der Waals surface area contributed by atoms with Crippen molar-refractivity contribution >= 4 is 36.3 Å². The standard InChI is InChI=1S/C20H30N4O6S/c1-11(2)16(20(29)30)24-19(28)15(9-25)23-18(27)14(22-17(26)13(21)10-31)8-12-6-4-3-5-7-12/h3-7,11,13-16,25,31H,8-10,21H2,1-2H3,(H,22,26)(H,23,27)(H,24,28)(H,29,30). The van der Waals surface area contributed by atoms with Gasteiger partial charge in [0.15, 0.2) is 0 Å². The normalized spacial score (nSPS) is 14.8. The number of aliphatic hydroxyl groups excluding tert-OH is 1. The number of aliphatic carboxylic acids is 1. The quantitative estimate of drug-likeness (QED) is 0.192. The van der Waals surface area contributed by atoms with E-state index in [0.29, 0.717) is 0 Å². The zero-order chi connectivity index (χ0) is 23.6.